The Morgan fingerprint density at radius 2 is 2.10 bits per heavy atom. The van der Waals surface area contributed by atoms with Gasteiger partial charge in [-0.05, 0) is 36.1 Å². The zero-order chi connectivity index (χ0) is 15.8. The number of rotatable bonds is 4. The Labute approximate surface area is 129 Å². The molecular formula is C12H9ClFNO4S2. The number of thiophene rings is 1. The fourth-order valence-corrected chi connectivity index (χ4v) is 4.48. The molecular weight excluding hydrogens is 341 g/mol. The molecule has 1 heterocycles. The molecule has 0 radical (unpaired) electrons. The van der Waals surface area contributed by atoms with Crippen molar-refractivity contribution in [2.75, 3.05) is 4.72 Å². The monoisotopic (exact) mass is 349 g/mol. The lowest BCUT2D eigenvalue weighted by molar-refractivity contribution is 0.0698. The van der Waals surface area contributed by atoms with Crippen molar-refractivity contribution in [3.05, 3.63) is 44.9 Å². The van der Waals surface area contributed by atoms with E-state index in [4.69, 9.17) is 16.7 Å². The first-order chi connectivity index (χ1) is 9.72. The van der Waals surface area contributed by atoms with Gasteiger partial charge in [0.2, 0.25) is 0 Å². The largest absolute Gasteiger partial charge is 0.477 e. The molecule has 0 spiro atoms. The first-order valence-electron chi connectivity index (χ1n) is 5.51. The number of nitrogens with one attached hydrogen (secondary N) is 1. The number of carboxylic acid groups (broad SMARTS) is 1. The third-order valence-electron chi connectivity index (χ3n) is 2.55. The number of carbonyl (C=O) groups is 1. The number of sulfonamides is 1. The zero-order valence-corrected chi connectivity index (χ0v) is 12.9. The molecule has 0 aliphatic heterocycles. The minimum absolute atomic E-state index is 0.0427. The summed E-state index contributed by atoms with van der Waals surface area (Å²) in [5, 5.41) is 10.3. The van der Waals surface area contributed by atoms with Gasteiger partial charge in [0.05, 0.1) is 10.7 Å². The van der Waals surface area contributed by atoms with E-state index in [1.54, 1.807) is 0 Å². The number of aromatic carboxylic acids is 1. The van der Waals surface area contributed by atoms with Crippen molar-refractivity contribution in [3.8, 4) is 0 Å². The van der Waals surface area contributed by atoms with Crippen LogP contribution in [0.3, 0.4) is 0 Å². The number of aryl methyl sites for hydroxylation is 1. The summed E-state index contributed by atoms with van der Waals surface area (Å²) in [7, 11) is -4.14. The molecule has 1 aromatic carbocycles. The molecule has 0 aliphatic carbocycles. The van der Waals surface area contributed by atoms with Crippen LogP contribution in [0.2, 0.25) is 5.02 Å². The van der Waals surface area contributed by atoms with Gasteiger partial charge in [0.15, 0.2) is 0 Å². The molecule has 0 aliphatic rings. The predicted molar refractivity (Wildman–Crippen MR) is 78.2 cm³/mol. The van der Waals surface area contributed by atoms with E-state index in [9.17, 15) is 17.6 Å². The highest BCUT2D eigenvalue weighted by molar-refractivity contribution is 7.93. The van der Waals surface area contributed by atoms with E-state index < -0.39 is 21.8 Å². The summed E-state index contributed by atoms with van der Waals surface area (Å²) in [6.45, 7) is 1.49. The highest BCUT2D eigenvalue weighted by Gasteiger charge is 2.27. The van der Waals surface area contributed by atoms with Gasteiger partial charge in [-0.1, -0.05) is 11.6 Å². The van der Waals surface area contributed by atoms with Gasteiger partial charge in [-0.25, -0.2) is 17.6 Å². The summed E-state index contributed by atoms with van der Waals surface area (Å²) in [4.78, 5) is 10.5. The SMILES string of the molecule is Cc1csc(C(=O)O)c1S(=O)(=O)Nc1ccc(Cl)c(F)c1. The van der Waals surface area contributed by atoms with Gasteiger partial charge in [-0.3, -0.25) is 4.72 Å². The first-order valence-corrected chi connectivity index (χ1v) is 8.25. The molecule has 2 N–H and O–H groups in total. The third kappa shape index (κ3) is 3.17. The quantitative estimate of drug-likeness (QED) is 0.886. The molecule has 2 rings (SSSR count). The van der Waals surface area contributed by atoms with Gasteiger partial charge < -0.3 is 5.11 Å². The Morgan fingerprint density at radius 3 is 2.67 bits per heavy atom. The summed E-state index contributed by atoms with van der Waals surface area (Å²) in [5.41, 5.74) is 0.262. The summed E-state index contributed by atoms with van der Waals surface area (Å²) in [5.74, 6) is -2.12. The fourth-order valence-electron chi connectivity index (χ4n) is 1.68. The molecule has 112 valence electrons. The molecule has 0 atom stereocenters. The number of halogens is 2. The smallest absolute Gasteiger partial charge is 0.347 e. The highest BCUT2D eigenvalue weighted by atomic mass is 35.5. The van der Waals surface area contributed by atoms with Crippen LogP contribution in [-0.4, -0.2) is 19.5 Å². The molecule has 0 saturated carbocycles. The Balaban J connectivity index is 2.45. The summed E-state index contributed by atoms with van der Waals surface area (Å²) in [6, 6.07) is 3.40. The van der Waals surface area contributed by atoms with Gasteiger partial charge in [0.1, 0.15) is 15.6 Å². The van der Waals surface area contributed by atoms with Crippen LogP contribution >= 0.6 is 22.9 Å². The van der Waals surface area contributed by atoms with Crippen molar-refractivity contribution < 1.29 is 22.7 Å². The maximum atomic E-state index is 13.3. The molecule has 0 amide bonds. The molecule has 0 unspecified atom stereocenters. The topological polar surface area (TPSA) is 83.5 Å². The van der Waals surface area contributed by atoms with Crippen LogP contribution in [0.4, 0.5) is 10.1 Å². The molecule has 2 aromatic rings. The molecule has 0 bridgehead atoms. The van der Waals surface area contributed by atoms with E-state index >= 15 is 0 Å². The van der Waals surface area contributed by atoms with Gasteiger partial charge in [0, 0.05) is 0 Å². The summed E-state index contributed by atoms with van der Waals surface area (Å²) >= 11 is 6.33. The van der Waals surface area contributed by atoms with Crippen LogP contribution in [0, 0.1) is 12.7 Å². The highest BCUT2D eigenvalue weighted by Crippen LogP contribution is 2.29. The van der Waals surface area contributed by atoms with Crippen LogP contribution in [-0.2, 0) is 10.0 Å². The lowest BCUT2D eigenvalue weighted by Gasteiger charge is -2.09. The van der Waals surface area contributed by atoms with Crippen LogP contribution in [0.15, 0.2) is 28.5 Å². The second-order valence-electron chi connectivity index (χ2n) is 4.12. The Kier molecular flexibility index (Phi) is 4.22. The van der Waals surface area contributed by atoms with E-state index in [0.717, 1.165) is 17.4 Å². The molecule has 0 fully saturated rings. The van der Waals surface area contributed by atoms with Gasteiger partial charge in [-0.2, -0.15) is 0 Å². The number of benzene rings is 1. The molecule has 1 aromatic heterocycles. The molecule has 0 saturated heterocycles. The number of hydrogen-bond acceptors (Lipinski definition) is 4. The molecule has 5 nitrogen and oxygen atoms in total. The van der Waals surface area contributed by atoms with Gasteiger partial charge >= 0.3 is 5.97 Å². The van der Waals surface area contributed by atoms with Gasteiger partial charge in [-0.15, -0.1) is 11.3 Å². The predicted octanol–water partition coefficient (Wildman–Crippen LogP) is 3.35. The van der Waals surface area contributed by atoms with Crippen molar-refractivity contribution in [2.45, 2.75) is 11.8 Å². The van der Waals surface area contributed by atoms with Crippen LogP contribution in [0.5, 0.6) is 0 Å². The molecule has 21 heavy (non-hydrogen) atoms. The minimum atomic E-state index is -4.14. The van der Waals surface area contributed by atoms with Crippen LogP contribution in [0.1, 0.15) is 15.2 Å². The average molecular weight is 350 g/mol. The lowest BCUT2D eigenvalue weighted by Crippen LogP contribution is -2.16. The first kappa shape index (κ1) is 15.7. The maximum Gasteiger partial charge on any atom is 0.347 e. The van der Waals surface area contributed by atoms with E-state index in [0.29, 0.717) is 5.56 Å². The van der Waals surface area contributed by atoms with Crippen LogP contribution < -0.4 is 4.72 Å². The zero-order valence-electron chi connectivity index (χ0n) is 10.6. The number of anilines is 1. The van der Waals surface area contributed by atoms with Crippen molar-refractivity contribution >= 4 is 44.6 Å². The van der Waals surface area contributed by atoms with E-state index in [-0.39, 0.29) is 20.5 Å². The fraction of sp³-hybridized carbons (Fsp3) is 0.0833. The minimum Gasteiger partial charge on any atom is -0.477 e. The second-order valence-corrected chi connectivity index (χ2v) is 7.02. The number of carboxylic acids is 1. The summed E-state index contributed by atoms with van der Waals surface area (Å²) in [6.07, 6.45) is 0. The van der Waals surface area contributed by atoms with Gasteiger partial charge in [0.25, 0.3) is 10.0 Å². The van der Waals surface area contributed by atoms with Crippen LogP contribution in [0.25, 0.3) is 0 Å². The second kappa shape index (κ2) is 5.63. The lowest BCUT2D eigenvalue weighted by atomic mass is 10.3. The Bertz CT molecular complexity index is 817. The Morgan fingerprint density at radius 1 is 1.43 bits per heavy atom. The third-order valence-corrected chi connectivity index (χ3v) is 5.64. The van der Waals surface area contributed by atoms with E-state index in [1.807, 2.05) is 0 Å². The van der Waals surface area contributed by atoms with E-state index in [2.05, 4.69) is 4.72 Å². The average Bonchev–Trinajstić information content (AvgIpc) is 2.76. The normalized spacial score (nSPS) is 11.4. The van der Waals surface area contributed by atoms with E-state index in [1.165, 1.54) is 24.4 Å². The molecule has 9 heteroatoms. The van der Waals surface area contributed by atoms with Crippen molar-refractivity contribution in [1.29, 1.82) is 0 Å². The summed E-state index contributed by atoms with van der Waals surface area (Å²) < 4.78 is 40.0. The Hall–Kier alpha value is -1.64. The van der Waals surface area contributed by atoms with Crippen molar-refractivity contribution in [3.63, 3.8) is 0 Å². The standard InChI is InChI=1S/C12H9ClFNO4S2/c1-6-5-20-10(12(16)17)11(6)21(18,19)15-7-2-3-8(13)9(14)4-7/h2-5,15H,1H3,(H,16,17). The number of hydrogen-bond donors (Lipinski definition) is 2. The maximum absolute atomic E-state index is 13.3. The van der Waals surface area contributed by atoms with Crippen molar-refractivity contribution in [2.24, 2.45) is 0 Å². The van der Waals surface area contributed by atoms with Crippen molar-refractivity contribution in [1.82, 2.24) is 0 Å².